The minimum absolute atomic E-state index is 0.0192. The molecule has 0 aliphatic carbocycles. The molecular weight excluding hydrogens is 218 g/mol. The first kappa shape index (κ1) is 13.3. The third-order valence-corrected chi connectivity index (χ3v) is 3.99. The average Bonchev–Trinajstić information content (AvgIpc) is 2.39. The van der Waals surface area contributed by atoms with Crippen LogP contribution in [0.5, 0.6) is 0 Å². The summed E-state index contributed by atoms with van der Waals surface area (Å²) in [6.45, 7) is 8.53. The van der Waals surface area contributed by atoms with Crippen LogP contribution in [0.4, 0.5) is 0 Å². The number of hydrogen-bond acceptors (Lipinski definition) is 4. The van der Waals surface area contributed by atoms with Gasteiger partial charge in [-0.3, -0.25) is 4.90 Å². The van der Waals surface area contributed by atoms with Gasteiger partial charge in [0.1, 0.15) is 0 Å². The molecule has 0 spiro atoms. The molecule has 2 heterocycles. The summed E-state index contributed by atoms with van der Waals surface area (Å²) >= 11 is 0. The maximum Gasteiger partial charge on any atom is 0.0963 e. The molecule has 2 fully saturated rings. The predicted octanol–water partition coefficient (Wildman–Crippen LogP) is 0.883. The molecule has 0 saturated carbocycles. The van der Waals surface area contributed by atoms with Crippen LogP contribution in [0.3, 0.4) is 0 Å². The molecule has 4 heteroatoms. The summed E-state index contributed by atoms with van der Waals surface area (Å²) in [6.07, 6.45) is 1.57. The molecule has 2 aliphatic heterocycles. The van der Waals surface area contributed by atoms with Crippen molar-refractivity contribution in [2.75, 3.05) is 32.9 Å². The Balaban J connectivity index is 1.87. The maximum absolute atomic E-state index is 10.4. The minimum Gasteiger partial charge on any atom is -0.390 e. The fourth-order valence-corrected chi connectivity index (χ4v) is 2.73. The third-order valence-electron chi connectivity index (χ3n) is 3.99. The molecule has 0 amide bonds. The van der Waals surface area contributed by atoms with Crippen molar-refractivity contribution in [1.82, 2.24) is 4.90 Å². The first-order valence-electron chi connectivity index (χ1n) is 6.80. The highest BCUT2D eigenvalue weighted by Crippen LogP contribution is 2.24. The van der Waals surface area contributed by atoms with Crippen molar-refractivity contribution >= 4 is 0 Å². The zero-order valence-corrected chi connectivity index (χ0v) is 11.0. The Morgan fingerprint density at radius 2 is 1.88 bits per heavy atom. The highest BCUT2D eigenvalue weighted by molar-refractivity contribution is 4.84. The predicted molar refractivity (Wildman–Crippen MR) is 66.0 cm³/mol. The van der Waals surface area contributed by atoms with Gasteiger partial charge >= 0.3 is 0 Å². The Morgan fingerprint density at radius 1 is 1.18 bits per heavy atom. The Hall–Kier alpha value is -0.160. The van der Waals surface area contributed by atoms with E-state index in [0.29, 0.717) is 12.0 Å². The zero-order valence-electron chi connectivity index (χ0n) is 11.0. The van der Waals surface area contributed by atoms with Crippen LogP contribution in [0.1, 0.15) is 26.7 Å². The number of morpholine rings is 1. The van der Waals surface area contributed by atoms with Crippen LogP contribution in [0, 0.1) is 5.92 Å². The number of nitrogens with zero attached hydrogens (tertiary/aromatic N) is 1. The van der Waals surface area contributed by atoms with Crippen molar-refractivity contribution in [3.05, 3.63) is 0 Å². The number of aliphatic hydroxyl groups excluding tert-OH is 1. The summed E-state index contributed by atoms with van der Waals surface area (Å²) < 4.78 is 11.1. The summed E-state index contributed by atoms with van der Waals surface area (Å²) in [5.41, 5.74) is 0. The van der Waals surface area contributed by atoms with Gasteiger partial charge in [0.05, 0.1) is 18.8 Å². The molecule has 17 heavy (non-hydrogen) atoms. The highest BCUT2D eigenvalue weighted by Gasteiger charge is 2.33. The van der Waals surface area contributed by atoms with Gasteiger partial charge in [-0.05, 0) is 32.6 Å². The van der Waals surface area contributed by atoms with Crippen LogP contribution >= 0.6 is 0 Å². The number of rotatable bonds is 3. The normalized spacial score (nSPS) is 30.7. The lowest BCUT2D eigenvalue weighted by atomic mass is 9.90. The SMILES string of the molecule is CC(C)N1CCOC(C(O)C2CCOCC2)C1. The van der Waals surface area contributed by atoms with Gasteiger partial charge in [0, 0.05) is 32.3 Å². The largest absolute Gasteiger partial charge is 0.390 e. The smallest absolute Gasteiger partial charge is 0.0963 e. The fourth-order valence-electron chi connectivity index (χ4n) is 2.73. The molecule has 0 aromatic heterocycles. The Morgan fingerprint density at radius 3 is 2.53 bits per heavy atom. The summed E-state index contributed by atoms with van der Waals surface area (Å²) in [6, 6.07) is 0.531. The zero-order chi connectivity index (χ0) is 12.3. The van der Waals surface area contributed by atoms with E-state index in [1.54, 1.807) is 0 Å². The molecule has 4 nitrogen and oxygen atoms in total. The molecule has 0 bridgehead atoms. The third kappa shape index (κ3) is 3.41. The summed E-state index contributed by atoms with van der Waals surface area (Å²) in [5, 5.41) is 10.4. The Kier molecular flexibility index (Phi) is 4.79. The molecule has 0 radical (unpaired) electrons. The van der Waals surface area contributed by atoms with Gasteiger partial charge in [-0.1, -0.05) is 0 Å². The van der Waals surface area contributed by atoms with Crippen molar-refractivity contribution in [3.63, 3.8) is 0 Å². The van der Waals surface area contributed by atoms with Crippen LogP contribution in [0.2, 0.25) is 0 Å². The van der Waals surface area contributed by atoms with Crippen LogP contribution < -0.4 is 0 Å². The molecule has 2 rings (SSSR count). The van der Waals surface area contributed by atoms with E-state index in [9.17, 15) is 5.11 Å². The molecule has 2 unspecified atom stereocenters. The highest BCUT2D eigenvalue weighted by atomic mass is 16.5. The minimum atomic E-state index is -0.333. The van der Waals surface area contributed by atoms with Crippen LogP contribution in [0.15, 0.2) is 0 Å². The lowest BCUT2D eigenvalue weighted by Gasteiger charge is -2.40. The molecule has 1 N–H and O–H groups in total. The summed E-state index contributed by atoms with van der Waals surface area (Å²) in [5.74, 6) is 0.348. The van der Waals surface area contributed by atoms with Crippen molar-refractivity contribution in [2.24, 2.45) is 5.92 Å². The molecule has 0 aromatic carbocycles. The molecule has 2 saturated heterocycles. The van der Waals surface area contributed by atoms with Crippen molar-refractivity contribution < 1.29 is 14.6 Å². The maximum atomic E-state index is 10.4. The number of ether oxygens (including phenoxy) is 2. The topological polar surface area (TPSA) is 41.9 Å². The van der Waals surface area contributed by atoms with E-state index in [0.717, 1.165) is 45.8 Å². The van der Waals surface area contributed by atoms with Crippen molar-refractivity contribution in [3.8, 4) is 0 Å². The monoisotopic (exact) mass is 243 g/mol. The Labute approximate surface area is 104 Å². The van der Waals surface area contributed by atoms with Gasteiger partial charge < -0.3 is 14.6 Å². The summed E-state index contributed by atoms with van der Waals surface area (Å²) in [4.78, 5) is 2.39. The number of aliphatic hydroxyl groups is 1. The van der Waals surface area contributed by atoms with Crippen molar-refractivity contribution in [2.45, 2.75) is 44.9 Å². The number of hydrogen-bond donors (Lipinski definition) is 1. The summed E-state index contributed by atoms with van der Waals surface area (Å²) in [7, 11) is 0. The van der Waals surface area contributed by atoms with Crippen LogP contribution in [-0.2, 0) is 9.47 Å². The van der Waals surface area contributed by atoms with Gasteiger partial charge in [-0.2, -0.15) is 0 Å². The quantitative estimate of drug-likeness (QED) is 0.799. The van der Waals surface area contributed by atoms with E-state index in [2.05, 4.69) is 18.7 Å². The standard InChI is InChI=1S/C13H25NO3/c1-10(2)14-5-8-17-12(9-14)13(15)11-3-6-16-7-4-11/h10-13,15H,3-9H2,1-2H3. The molecule has 2 aliphatic rings. The van der Waals surface area contributed by atoms with Gasteiger partial charge in [0.15, 0.2) is 0 Å². The van der Waals surface area contributed by atoms with Gasteiger partial charge in [0.2, 0.25) is 0 Å². The van der Waals surface area contributed by atoms with Crippen LogP contribution in [-0.4, -0.2) is 61.2 Å². The van der Waals surface area contributed by atoms with E-state index in [4.69, 9.17) is 9.47 Å². The van der Waals surface area contributed by atoms with Crippen LogP contribution in [0.25, 0.3) is 0 Å². The van der Waals surface area contributed by atoms with E-state index in [-0.39, 0.29) is 12.2 Å². The molecular formula is C13H25NO3. The van der Waals surface area contributed by atoms with Gasteiger partial charge in [-0.25, -0.2) is 0 Å². The average molecular weight is 243 g/mol. The lowest BCUT2D eigenvalue weighted by Crippen LogP contribution is -2.52. The molecule has 2 atom stereocenters. The fraction of sp³-hybridized carbons (Fsp3) is 1.00. The first-order valence-corrected chi connectivity index (χ1v) is 6.80. The second-order valence-electron chi connectivity index (χ2n) is 5.44. The van der Waals surface area contributed by atoms with E-state index in [1.807, 2.05) is 0 Å². The molecule has 0 aromatic rings. The lowest BCUT2D eigenvalue weighted by molar-refractivity contribution is -0.122. The van der Waals surface area contributed by atoms with E-state index in [1.165, 1.54) is 0 Å². The molecule has 100 valence electrons. The second-order valence-corrected chi connectivity index (χ2v) is 5.44. The van der Waals surface area contributed by atoms with Crippen molar-refractivity contribution in [1.29, 1.82) is 0 Å². The van der Waals surface area contributed by atoms with Gasteiger partial charge in [-0.15, -0.1) is 0 Å². The van der Waals surface area contributed by atoms with E-state index >= 15 is 0 Å². The second kappa shape index (κ2) is 6.14. The Bertz CT molecular complexity index is 229. The first-order chi connectivity index (χ1) is 8.18. The van der Waals surface area contributed by atoms with E-state index < -0.39 is 0 Å². The van der Waals surface area contributed by atoms with Gasteiger partial charge in [0.25, 0.3) is 0 Å².